The lowest BCUT2D eigenvalue weighted by molar-refractivity contribution is -0.133. The van der Waals surface area contributed by atoms with Crippen LogP contribution in [-0.2, 0) is 14.6 Å². The van der Waals surface area contributed by atoms with E-state index < -0.39 is 9.84 Å². The molecule has 0 saturated carbocycles. The van der Waals surface area contributed by atoms with E-state index in [0.29, 0.717) is 25.3 Å². The molecule has 2 aliphatic rings. The number of halogens is 1. The Labute approximate surface area is 140 Å². The monoisotopic (exact) mass is 352 g/mol. The van der Waals surface area contributed by atoms with Crippen molar-refractivity contribution in [2.24, 2.45) is 5.92 Å². The number of nitrogens with one attached hydrogen (secondary N) is 1. The molecule has 1 unspecified atom stereocenters. The number of carbonyl (C=O) groups excluding carboxylic acids is 1. The Hall–Kier alpha value is -0.330. The number of hydrogen-bond acceptors (Lipinski definition) is 4. The standard InChI is InChI=1S/C15H28N2O3S.ClH/c1-2-10-17(14-7-11-21(19,20)12-14)15(18)4-3-13-5-8-16-9-6-13;/h13-14,16H,2-12H2,1H3;1H. The van der Waals surface area contributed by atoms with Gasteiger partial charge in [0.05, 0.1) is 11.5 Å². The van der Waals surface area contributed by atoms with E-state index in [2.05, 4.69) is 5.32 Å². The van der Waals surface area contributed by atoms with Crippen LogP contribution >= 0.6 is 12.4 Å². The van der Waals surface area contributed by atoms with Gasteiger partial charge < -0.3 is 10.2 Å². The predicted octanol–water partition coefficient (Wildman–Crippen LogP) is 1.61. The molecule has 1 amide bonds. The van der Waals surface area contributed by atoms with Gasteiger partial charge in [-0.25, -0.2) is 8.42 Å². The maximum atomic E-state index is 12.5. The number of piperidine rings is 1. The van der Waals surface area contributed by atoms with Crippen LogP contribution < -0.4 is 5.32 Å². The second-order valence-corrected chi connectivity index (χ2v) is 8.60. The van der Waals surface area contributed by atoms with Gasteiger partial charge in [-0.3, -0.25) is 4.79 Å². The van der Waals surface area contributed by atoms with Crippen LogP contribution in [0, 0.1) is 5.92 Å². The van der Waals surface area contributed by atoms with Crippen molar-refractivity contribution in [1.29, 1.82) is 0 Å². The Kier molecular flexibility index (Phi) is 8.14. The number of hydrogen-bond donors (Lipinski definition) is 1. The number of nitrogens with zero attached hydrogens (tertiary/aromatic N) is 1. The van der Waals surface area contributed by atoms with Gasteiger partial charge in [-0.05, 0) is 51.1 Å². The summed E-state index contributed by atoms with van der Waals surface area (Å²) >= 11 is 0. The molecule has 1 atom stereocenters. The zero-order valence-electron chi connectivity index (χ0n) is 13.4. The Balaban J connectivity index is 0.00000242. The Bertz CT molecular complexity index is 450. The van der Waals surface area contributed by atoms with Crippen molar-refractivity contribution in [2.75, 3.05) is 31.1 Å². The molecule has 0 aromatic carbocycles. The summed E-state index contributed by atoms with van der Waals surface area (Å²) < 4.78 is 23.3. The second kappa shape index (κ2) is 9.08. The number of rotatable bonds is 6. The molecule has 1 N–H and O–H groups in total. The van der Waals surface area contributed by atoms with Crippen LogP contribution in [-0.4, -0.2) is 56.4 Å². The highest BCUT2D eigenvalue weighted by Gasteiger charge is 2.34. The van der Waals surface area contributed by atoms with Crippen LogP contribution in [0.15, 0.2) is 0 Å². The molecular formula is C15H29ClN2O3S. The minimum Gasteiger partial charge on any atom is -0.339 e. The summed E-state index contributed by atoms with van der Waals surface area (Å²) in [4.78, 5) is 14.3. The first-order valence-corrected chi connectivity index (χ1v) is 10.0. The molecule has 0 spiro atoms. The van der Waals surface area contributed by atoms with Gasteiger partial charge in [0, 0.05) is 19.0 Å². The molecule has 0 radical (unpaired) electrons. The molecule has 2 saturated heterocycles. The minimum atomic E-state index is -2.93. The molecule has 2 rings (SSSR count). The van der Waals surface area contributed by atoms with Crippen molar-refractivity contribution in [3.05, 3.63) is 0 Å². The van der Waals surface area contributed by atoms with Gasteiger partial charge in [0.1, 0.15) is 0 Å². The van der Waals surface area contributed by atoms with E-state index in [1.165, 1.54) is 0 Å². The summed E-state index contributed by atoms with van der Waals surface area (Å²) in [6.45, 7) is 4.83. The predicted molar refractivity (Wildman–Crippen MR) is 91.1 cm³/mol. The highest BCUT2D eigenvalue weighted by Crippen LogP contribution is 2.22. The Morgan fingerprint density at radius 2 is 1.91 bits per heavy atom. The molecule has 0 aromatic rings. The first kappa shape index (κ1) is 19.7. The van der Waals surface area contributed by atoms with Gasteiger partial charge in [0.2, 0.25) is 5.91 Å². The van der Waals surface area contributed by atoms with E-state index in [9.17, 15) is 13.2 Å². The first-order valence-electron chi connectivity index (χ1n) is 8.22. The minimum absolute atomic E-state index is 0. The van der Waals surface area contributed by atoms with Crippen molar-refractivity contribution < 1.29 is 13.2 Å². The topological polar surface area (TPSA) is 66.5 Å². The quantitative estimate of drug-likeness (QED) is 0.788. The highest BCUT2D eigenvalue weighted by atomic mass is 35.5. The average molecular weight is 353 g/mol. The lowest BCUT2D eigenvalue weighted by atomic mass is 9.93. The van der Waals surface area contributed by atoms with E-state index >= 15 is 0 Å². The Morgan fingerprint density at radius 1 is 1.23 bits per heavy atom. The van der Waals surface area contributed by atoms with Crippen LogP contribution in [0.2, 0.25) is 0 Å². The fourth-order valence-electron chi connectivity index (χ4n) is 3.41. The lowest BCUT2D eigenvalue weighted by Crippen LogP contribution is -2.41. The van der Waals surface area contributed by atoms with Crippen LogP contribution in [0.1, 0.15) is 45.4 Å². The van der Waals surface area contributed by atoms with Crippen molar-refractivity contribution in [3.8, 4) is 0 Å². The highest BCUT2D eigenvalue weighted by molar-refractivity contribution is 7.91. The number of sulfone groups is 1. The van der Waals surface area contributed by atoms with Gasteiger partial charge in [-0.2, -0.15) is 0 Å². The summed E-state index contributed by atoms with van der Waals surface area (Å²) in [5, 5.41) is 3.34. The normalized spacial score (nSPS) is 24.7. The zero-order chi connectivity index (χ0) is 15.3. The summed E-state index contributed by atoms with van der Waals surface area (Å²) in [5.74, 6) is 1.19. The third-order valence-corrected chi connectivity index (χ3v) is 6.41. The van der Waals surface area contributed by atoms with Crippen LogP contribution in [0.25, 0.3) is 0 Å². The van der Waals surface area contributed by atoms with Crippen LogP contribution in [0.4, 0.5) is 0 Å². The van der Waals surface area contributed by atoms with Gasteiger partial charge in [0.15, 0.2) is 9.84 Å². The van der Waals surface area contributed by atoms with E-state index in [0.717, 1.165) is 38.8 Å². The van der Waals surface area contributed by atoms with E-state index in [4.69, 9.17) is 0 Å². The molecule has 0 aromatic heterocycles. The van der Waals surface area contributed by atoms with E-state index in [-0.39, 0.29) is 35.9 Å². The number of carbonyl (C=O) groups is 1. The third-order valence-electron chi connectivity index (χ3n) is 4.66. The molecule has 7 heteroatoms. The van der Waals surface area contributed by atoms with Crippen molar-refractivity contribution in [2.45, 2.75) is 51.5 Å². The molecule has 2 fully saturated rings. The van der Waals surface area contributed by atoms with Gasteiger partial charge in [-0.1, -0.05) is 6.92 Å². The maximum Gasteiger partial charge on any atom is 0.222 e. The van der Waals surface area contributed by atoms with Crippen molar-refractivity contribution >= 4 is 28.2 Å². The summed E-state index contributed by atoms with van der Waals surface area (Å²) in [6.07, 6.45) is 5.32. The fourth-order valence-corrected chi connectivity index (χ4v) is 5.15. The largest absolute Gasteiger partial charge is 0.339 e. The second-order valence-electron chi connectivity index (χ2n) is 6.38. The van der Waals surface area contributed by atoms with Gasteiger partial charge in [-0.15, -0.1) is 12.4 Å². The Morgan fingerprint density at radius 3 is 2.45 bits per heavy atom. The lowest BCUT2D eigenvalue weighted by Gasteiger charge is -2.29. The molecule has 22 heavy (non-hydrogen) atoms. The zero-order valence-corrected chi connectivity index (χ0v) is 15.1. The van der Waals surface area contributed by atoms with E-state index in [1.807, 2.05) is 11.8 Å². The molecular weight excluding hydrogens is 324 g/mol. The summed E-state index contributed by atoms with van der Waals surface area (Å²) in [6, 6.07) is -0.0875. The first-order chi connectivity index (χ1) is 10.0. The molecule has 0 aliphatic carbocycles. The molecule has 5 nitrogen and oxygen atoms in total. The number of amides is 1. The van der Waals surface area contributed by atoms with Crippen LogP contribution in [0.5, 0.6) is 0 Å². The van der Waals surface area contributed by atoms with Crippen LogP contribution in [0.3, 0.4) is 0 Å². The average Bonchev–Trinajstić information content (AvgIpc) is 2.83. The van der Waals surface area contributed by atoms with Crippen molar-refractivity contribution in [1.82, 2.24) is 10.2 Å². The third kappa shape index (κ3) is 5.70. The van der Waals surface area contributed by atoms with Gasteiger partial charge in [0.25, 0.3) is 0 Å². The molecule has 2 heterocycles. The molecule has 2 aliphatic heterocycles. The van der Waals surface area contributed by atoms with E-state index in [1.54, 1.807) is 0 Å². The molecule has 130 valence electrons. The smallest absolute Gasteiger partial charge is 0.222 e. The van der Waals surface area contributed by atoms with Crippen molar-refractivity contribution in [3.63, 3.8) is 0 Å². The maximum absolute atomic E-state index is 12.5. The van der Waals surface area contributed by atoms with Gasteiger partial charge >= 0.3 is 0 Å². The fraction of sp³-hybridized carbons (Fsp3) is 0.933. The summed E-state index contributed by atoms with van der Waals surface area (Å²) in [5.41, 5.74) is 0. The molecule has 0 bridgehead atoms. The summed E-state index contributed by atoms with van der Waals surface area (Å²) in [7, 11) is -2.93. The SMILES string of the molecule is CCCN(C(=O)CCC1CCNCC1)C1CCS(=O)(=O)C1.Cl.